The highest BCUT2D eigenvalue weighted by molar-refractivity contribution is 7.80. The molecule has 0 fully saturated rings. The van der Waals surface area contributed by atoms with E-state index in [2.05, 4.69) is 13.8 Å². The van der Waals surface area contributed by atoms with Crippen LogP contribution in [0.25, 0.3) is 0 Å². The van der Waals surface area contributed by atoms with Gasteiger partial charge in [-0.05, 0) is 24.5 Å². The standard InChI is InChI=1S/C15H23NO2S/c1-12(2)7-10-17-8-4-9-18-14-6-3-5-13(11-14)15(16)19/h3,5-6,11-12H,4,7-10H2,1-2H3,(H2,16,19). The van der Waals surface area contributed by atoms with Crippen LogP contribution in [0.1, 0.15) is 32.3 Å². The summed E-state index contributed by atoms with van der Waals surface area (Å²) in [7, 11) is 0. The highest BCUT2D eigenvalue weighted by Crippen LogP contribution is 2.13. The van der Waals surface area contributed by atoms with E-state index in [0.29, 0.717) is 17.5 Å². The van der Waals surface area contributed by atoms with Gasteiger partial charge in [-0.25, -0.2) is 0 Å². The lowest BCUT2D eigenvalue weighted by Gasteiger charge is -2.09. The van der Waals surface area contributed by atoms with Crippen LogP contribution in [0.3, 0.4) is 0 Å². The van der Waals surface area contributed by atoms with Gasteiger partial charge in [0.15, 0.2) is 0 Å². The maximum absolute atomic E-state index is 5.63. The summed E-state index contributed by atoms with van der Waals surface area (Å²) in [6.45, 7) is 6.60. The second-order valence-electron chi connectivity index (χ2n) is 4.89. The summed E-state index contributed by atoms with van der Waals surface area (Å²) in [5.74, 6) is 1.49. The number of benzene rings is 1. The van der Waals surface area contributed by atoms with Crippen LogP contribution < -0.4 is 10.5 Å². The van der Waals surface area contributed by atoms with Crippen LogP contribution in [-0.2, 0) is 4.74 Å². The maximum Gasteiger partial charge on any atom is 0.119 e. The molecule has 1 aromatic rings. The Hall–Kier alpha value is -1.13. The summed E-state index contributed by atoms with van der Waals surface area (Å²) in [4.78, 5) is 0.391. The first kappa shape index (κ1) is 15.9. The average molecular weight is 281 g/mol. The molecule has 106 valence electrons. The van der Waals surface area contributed by atoms with E-state index in [1.165, 1.54) is 0 Å². The fraction of sp³-hybridized carbons (Fsp3) is 0.533. The van der Waals surface area contributed by atoms with Crippen molar-refractivity contribution in [3.8, 4) is 5.75 Å². The summed E-state index contributed by atoms with van der Waals surface area (Å²) in [5.41, 5.74) is 6.41. The Kier molecular flexibility index (Phi) is 7.45. The first-order valence-electron chi connectivity index (χ1n) is 6.70. The van der Waals surface area contributed by atoms with Crippen molar-refractivity contribution in [2.75, 3.05) is 19.8 Å². The Morgan fingerprint density at radius 1 is 1.26 bits per heavy atom. The first-order valence-corrected chi connectivity index (χ1v) is 7.11. The van der Waals surface area contributed by atoms with Crippen molar-refractivity contribution < 1.29 is 9.47 Å². The Morgan fingerprint density at radius 3 is 2.74 bits per heavy atom. The third-order valence-corrected chi connectivity index (χ3v) is 2.90. The van der Waals surface area contributed by atoms with E-state index in [9.17, 15) is 0 Å². The SMILES string of the molecule is CC(C)CCOCCCOc1cccc(C(N)=S)c1. The van der Waals surface area contributed by atoms with Gasteiger partial charge in [0, 0.05) is 25.2 Å². The molecule has 0 atom stereocenters. The largest absolute Gasteiger partial charge is 0.493 e. The lowest BCUT2D eigenvalue weighted by atomic mass is 10.1. The smallest absolute Gasteiger partial charge is 0.119 e. The molecule has 0 saturated heterocycles. The van der Waals surface area contributed by atoms with Gasteiger partial charge in [0.1, 0.15) is 10.7 Å². The van der Waals surface area contributed by atoms with Gasteiger partial charge in [0.2, 0.25) is 0 Å². The molecule has 0 aromatic heterocycles. The quantitative estimate of drug-likeness (QED) is 0.558. The molecule has 0 heterocycles. The van der Waals surface area contributed by atoms with E-state index >= 15 is 0 Å². The predicted molar refractivity (Wildman–Crippen MR) is 82.7 cm³/mol. The lowest BCUT2D eigenvalue weighted by Crippen LogP contribution is -2.09. The molecule has 4 heteroatoms. The van der Waals surface area contributed by atoms with E-state index in [4.69, 9.17) is 27.4 Å². The third kappa shape index (κ3) is 7.13. The van der Waals surface area contributed by atoms with Gasteiger partial charge in [0.05, 0.1) is 6.61 Å². The molecular formula is C15H23NO2S. The summed E-state index contributed by atoms with van der Waals surface area (Å²) >= 11 is 4.93. The van der Waals surface area contributed by atoms with Gasteiger partial charge in [-0.15, -0.1) is 0 Å². The van der Waals surface area contributed by atoms with Crippen LogP contribution in [0, 0.1) is 5.92 Å². The lowest BCUT2D eigenvalue weighted by molar-refractivity contribution is 0.110. The third-order valence-electron chi connectivity index (χ3n) is 2.66. The molecule has 0 amide bonds. The summed E-state index contributed by atoms with van der Waals surface area (Å²) in [5, 5.41) is 0. The Morgan fingerprint density at radius 2 is 2.05 bits per heavy atom. The zero-order valence-electron chi connectivity index (χ0n) is 11.7. The maximum atomic E-state index is 5.63. The molecule has 0 saturated carbocycles. The Labute approximate surface area is 121 Å². The molecule has 0 aliphatic rings. The van der Waals surface area contributed by atoms with Gasteiger partial charge >= 0.3 is 0 Å². The molecule has 0 spiro atoms. The van der Waals surface area contributed by atoms with Gasteiger partial charge in [0.25, 0.3) is 0 Å². The van der Waals surface area contributed by atoms with Gasteiger partial charge in [-0.3, -0.25) is 0 Å². The molecule has 1 rings (SSSR count). The molecule has 19 heavy (non-hydrogen) atoms. The van der Waals surface area contributed by atoms with Crippen molar-refractivity contribution in [2.45, 2.75) is 26.7 Å². The van der Waals surface area contributed by atoms with Crippen molar-refractivity contribution in [2.24, 2.45) is 11.7 Å². The van der Waals surface area contributed by atoms with Crippen LogP contribution in [-0.4, -0.2) is 24.8 Å². The molecule has 0 bridgehead atoms. The molecule has 0 aliphatic heterocycles. The highest BCUT2D eigenvalue weighted by atomic mass is 32.1. The molecule has 0 unspecified atom stereocenters. The molecule has 1 aromatic carbocycles. The first-order chi connectivity index (χ1) is 9.09. The summed E-state index contributed by atoms with van der Waals surface area (Å²) < 4.78 is 11.2. The predicted octanol–water partition coefficient (Wildman–Crippen LogP) is 3.15. The molecule has 2 N–H and O–H groups in total. The van der Waals surface area contributed by atoms with Crippen LogP contribution >= 0.6 is 12.2 Å². The minimum Gasteiger partial charge on any atom is -0.493 e. The van der Waals surface area contributed by atoms with E-state index < -0.39 is 0 Å². The van der Waals surface area contributed by atoms with Gasteiger partial charge in [-0.2, -0.15) is 0 Å². The molecule has 0 aliphatic carbocycles. The minimum atomic E-state index is 0.391. The van der Waals surface area contributed by atoms with Gasteiger partial charge < -0.3 is 15.2 Å². The van der Waals surface area contributed by atoms with E-state index in [1.54, 1.807) is 0 Å². The van der Waals surface area contributed by atoms with Crippen LogP contribution in [0.15, 0.2) is 24.3 Å². The molecular weight excluding hydrogens is 258 g/mol. The topological polar surface area (TPSA) is 44.5 Å². The monoisotopic (exact) mass is 281 g/mol. The summed E-state index contributed by atoms with van der Waals surface area (Å²) in [6.07, 6.45) is 1.99. The zero-order valence-corrected chi connectivity index (χ0v) is 12.5. The fourth-order valence-corrected chi connectivity index (χ4v) is 1.64. The Bertz CT molecular complexity index is 393. The van der Waals surface area contributed by atoms with Crippen LogP contribution in [0.5, 0.6) is 5.75 Å². The summed E-state index contributed by atoms with van der Waals surface area (Å²) in [6, 6.07) is 7.54. The number of thiocarbonyl (C=S) groups is 1. The highest BCUT2D eigenvalue weighted by Gasteiger charge is 1.99. The Balaban J connectivity index is 2.15. The second kappa shape index (κ2) is 8.88. The average Bonchev–Trinajstić information content (AvgIpc) is 2.37. The number of hydrogen-bond acceptors (Lipinski definition) is 3. The van der Waals surface area contributed by atoms with Gasteiger partial charge in [-0.1, -0.05) is 38.2 Å². The number of hydrogen-bond donors (Lipinski definition) is 1. The molecule has 0 radical (unpaired) electrons. The second-order valence-corrected chi connectivity index (χ2v) is 5.33. The number of nitrogens with two attached hydrogens (primary N) is 1. The van der Waals surface area contributed by atoms with E-state index in [0.717, 1.165) is 37.4 Å². The van der Waals surface area contributed by atoms with Crippen molar-refractivity contribution in [1.29, 1.82) is 0 Å². The van der Waals surface area contributed by atoms with E-state index in [1.807, 2.05) is 24.3 Å². The van der Waals surface area contributed by atoms with Crippen molar-refractivity contribution in [3.05, 3.63) is 29.8 Å². The fourth-order valence-electron chi connectivity index (χ4n) is 1.51. The zero-order chi connectivity index (χ0) is 14.1. The molecule has 3 nitrogen and oxygen atoms in total. The van der Waals surface area contributed by atoms with Crippen molar-refractivity contribution in [3.63, 3.8) is 0 Å². The van der Waals surface area contributed by atoms with Crippen molar-refractivity contribution in [1.82, 2.24) is 0 Å². The minimum absolute atomic E-state index is 0.391. The number of ether oxygens (including phenoxy) is 2. The normalized spacial score (nSPS) is 10.7. The van der Waals surface area contributed by atoms with Crippen LogP contribution in [0.4, 0.5) is 0 Å². The number of rotatable bonds is 9. The van der Waals surface area contributed by atoms with Crippen molar-refractivity contribution >= 4 is 17.2 Å². The van der Waals surface area contributed by atoms with E-state index in [-0.39, 0.29) is 0 Å². The van der Waals surface area contributed by atoms with Crippen LogP contribution in [0.2, 0.25) is 0 Å².